The van der Waals surface area contributed by atoms with Crippen molar-refractivity contribution in [3.8, 4) is 0 Å². The van der Waals surface area contributed by atoms with Gasteiger partial charge in [0.05, 0.1) is 0 Å². The van der Waals surface area contributed by atoms with Crippen LogP contribution in [0.1, 0.15) is 60.8 Å². The highest BCUT2D eigenvalue weighted by Gasteiger charge is 2.39. The standard InChI is InChI=1S/C21H39N3/c1-20(2,3)17-7-11-22(12-8-17)18-9-13-23(14-10-18)19-15-24(16-19)21(4,5)6/h7,18-19H,8-16H2,1-6H3. The van der Waals surface area contributed by atoms with E-state index in [1.807, 2.05) is 0 Å². The minimum absolute atomic E-state index is 0.347. The maximum Gasteiger partial charge on any atom is 0.0350 e. The highest BCUT2D eigenvalue weighted by Crippen LogP contribution is 2.32. The monoisotopic (exact) mass is 333 g/mol. The normalized spacial score (nSPS) is 27.2. The molecule has 3 heterocycles. The van der Waals surface area contributed by atoms with Crippen molar-refractivity contribution in [1.29, 1.82) is 0 Å². The molecule has 138 valence electrons. The maximum absolute atomic E-state index is 2.76. The summed E-state index contributed by atoms with van der Waals surface area (Å²) in [6, 6.07) is 1.64. The van der Waals surface area contributed by atoms with Gasteiger partial charge in [0, 0.05) is 56.9 Å². The summed E-state index contributed by atoms with van der Waals surface area (Å²) in [6.07, 6.45) is 6.52. The number of hydrogen-bond acceptors (Lipinski definition) is 3. The molecule has 0 aromatic heterocycles. The zero-order valence-corrected chi connectivity index (χ0v) is 16.9. The van der Waals surface area contributed by atoms with Gasteiger partial charge in [0.15, 0.2) is 0 Å². The molecule has 2 saturated heterocycles. The second-order valence-corrected chi connectivity index (χ2v) is 10.2. The molecule has 3 nitrogen and oxygen atoms in total. The van der Waals surface area contributed by atoms with Crippen molar-refractivity contribution in [2.75, 3.05) is 39.3 Å². The fraction of sp³-hybridized carbons (Fsp3) is 0.905. The molecular weight excluding hydrogens is 294 g/mol. The number of piperidine rings is 1. The molecule has 24 heavy (non-hydrogen) atoms. The fourth-order valence-electron chi connectivity index (χ4n) is 4.55. The van der Waals surface area contributed by atoms with Gasteiger partial charge in [-0.25, -0.2) is 0 Å². The molecule has 2 fully saturated rings. The summed E-state index contributed by atoms with van der Waals surface area (Å²) in [5.41, 5.74) is 2.37. The molecule has 0 radical (unpaired) electrons. The van der Waals surface area contributed by atoms with Gasteiger partial charge >= 0.3 is 0 Å². The van der Waals surface area contributed by atoms with E-state index in [1.165, 1.54) is 58.5 Å². The SMILES string of the molecule is CC(C)(C)C1=CCN(C2CCN(C3CN(C(C)(C)C)C3)CC2)CC1. The Balaban J connectivity index is 1.43. The van der Waals surface area contributed by atoms with Crippen molar-refractivity contribution in [1.82, 2.24) is 14.7 Å². The highest BCUT2D eigenvalue weighted by molar-refractivity contribution is 5.15. The second kappa shape index (κ2) is 6.74. The number of rotatable bonds is 2. The molecule has 0 amide bonds. The third-order valence-electron chi connectivity index (χ3n) is 6.55. The average Bonchev–Trinajstić information content (AvgIpc) is 2.44. The van der Waals surface area contributed by atoms with Gasteiger partial charge in [0.25, 0.3) is 0 Å². The van der Waals surface area contributed by atoms with Crippen molar-refractivity contribution in [3.05, 3.63) is 11.6 Å². The van der Waals surface area contributed by atoms with Crippen LogP contribution in [0.2, 0.25) is 0 Å². The first-order valence-electron chi connectivity index (χ1n) is 10.1. The van der Waals surface area contributed by atoms with Crippen LogP contribution in [-0.2, 0) is 0 Å². The summed E-state index contributed by atoms with van der Waals surface area (Å²) in [4.78, 5) is 8.13. The van der Waals surface area contributed by atoms with Crippen LogP contribution in [0.5, 0.6) is 0 Å². The van der Waals surface area contributed by atoms with Gasteiger partial charge in [0.2, 0.25) is 0 Å². The Labute approximate surface area is 150 Å². The largest absolute Gasteiger partial charge is 0.298 e. The van der Waals surface area contributed by atoms with Gasteiger partial charge in [-0.15, -0.1) is 0 Å². The Morgan fingerprint density at radius 3 is 1.92 bits per heavy atom. The fourth-order valence-corrected chi connectivity index (χ4v) is 4.55. The van der Waals surface area contributed by atoms with Crippen LogP contribution in [0.3, 0.4) is 0 Å². The van der Waals surface area contributed by atoms with Crippen molar-refractivity contribution in [2.45, 2.75) is 78.4 Å². The summed E-state index contributed by atoms with van der Waals surface area (Å²) < 4.78 is 0. The Hall–Kier alpha value is -0.380. The van der Waals surface area contributed by atoms with Crippen LogP contribution in [0.25, 0.3) is 0 Å². The molecule has 0 unspecified atom stereocenters. The second-order valence-electron chi connectivity index (χ2n) is 10.2. The third kappa shape index (κ3) is 4.05. The third-order valence-corrected chi connectivity index (χ3v) is 6.55. The first kappa shape index (κ1) is 18.4. The van der Waals surface area contributed by atoms with Gasteiger partial charge in [-0.3, -0.25) is 14.7 Å². The lowest BCUT2D eigenvalue weighted by Crippen LogP contribution is -2.65. The lowest BCUT2D eigenvalue weighted by molar-refractivity contribution is -0.0367. The van der Waals surface area contributed by atoms with Gasteiger partial charge in [-0.05, 0) is 45.4 Å². The highest BCUT2D eigenvalue weighted by atomic mass is 15.3. The first-order chi connectivity index (χ1) is 11.1. The Kier molecular flexibility index (Phi) is 5.17. The summed E-state index contributed by atoms with van der Waals surface area (Å²) >= 11 is 0. The van der Waals surface area contributed by atoms with E-state index < -0.39 is 0 Å². The first-order valence-corrected chi connectivity index (χ1v) is 10.1. The molecule has 3 rings (SSSR count). The molecule has 0 bridgehead atoms. The van der Waals surface area contributed by atoms with Crippen LogP contribution < -0.4 is 0 Å². The molecule has 0 aliphatic carbocycles. The predicted octanol–water partition coefficient (Wildman–Crippen LogP) is 3.61. The van der Waals surface area contributed by atoms with Crippen LogP contribution in [-0.4, -0.2) is 71.6 Å². The van der Waals surface area contributed by atoms with E-state index in [0.29, 0.717) is 11.0 Å². The molecule has 3 aliphatic rings. The lowest BCUT2D eigenvalue weighted by atomic mass is 9.82. The zero-order valence-electron chi connectivity index (χ0n) is 16.9. The topological polar surface area (TPSA) is 9.72 Å². The Bertz CT molecular complexity index is 454. The summed E-state index contributed by atoms with van der Waals surface area (Å²) in [5, 5.41) is 0. The van der Waals surface area contributed by atoms with Crippen LogP contribution in [0, 0.1) is 5.41 Å². The molecule has 0 N–H and O–H groups in total. The van der Waals surface area contributed by atoms with Gasteiger partial charge < -0.3 is 0 Å². The minimum Gasteiger partial charge on any atom is -0.298 e. The summed E-state index contributed by atoms with van der Waals surface area (Å²) in [7, 11) is 0. The van der Waals surface area contributed by atoms with Crippen molar-refractivity contribution in [2.24, 2.45) is 5.41 Å². The smallest absolute Gasteiger partial charge is 0.0350 e. The molecule has 3 heteroatoms. The van der Waals surface area contributed by atoms with E-state index in [-0.39, 0.29) is 0 Å². The summed E-state index contributed by atoms with van der Waals surface area (Å²) in [6.45, 7) is 21.7. The number of hydrogen-bond donors (Lipinski definition) is 0. The molecule has 3 aliphatic heterocycles. The molecule has 0 spiro atoms. The molecule has 0 aromatic carbocycles. The quantitative estimate of drug-likeness (QED) is 0.715. The zero-order chi connectivity index (χ0) is 17.5. The van der Waals surface area contributed by atoms with Crippen LogP contribution in [0.15, 0.2) is 11.6 Å². The Morgan fingerprint density at radius 2 is 1.46 bits per heavy atom. The average molecular weight is 334 g/mol. The van der Waals surface area contributed by atoms with Crippen molar-refractivity contribution < 1.29 is 0 Å². The molecular formula is C21H39N3. The molecule has 0 aromatic rings. The van der Waals surface area contributed by atoms with Gasteiger partial charge in [-0.1, -0.05) is 32.4 Å². The lowest BCUT2D eigenvalue weighted by Gasteiger charge is -2.53. The number of likely N-dealkylation sites (tertiary alicyclic amines) is 2. The van der Waals surface area contributed by atoms with Crippen molar-refractivity contribution in [3.63, 3.8) is 0 Å². The minimum atomic E-state index is 0.347. The van der Waals surface area contributed by atoms with Gasteiger partial charge in [-0.2, -0.15) is 0 Å². The van der Waals surface area contributed by atoms with E-state index in [0.717, 1.165) is 12.1 Å². The van der Waals surface area contributed by atoms with Crippen molar-refractivity contribution >= 4 is 0 Å². The van der Waals surface area contributed by atoms with Crippen LogP contribution in [0.4, 0.5) is 0 Å². The van der Waals surface area contributed by atoms with E-state index in [4.69, 9.17) is 0 Å². The van der Waals surface area contributed by atoms with E-state index in [1.54, 1.807) is 5.57 Å². The van der Waals surface area contributed by atoms with E-state index in [2.05, 4.69) is 62.3 Å². The summed E-state index contributed by atoms with van der Waals surface area (Å²) in [5.74, 6) is 0. The van der Waals surface area contributed by atoms with E-state index in [9.17, 15) is 0 Å². The number of nitrogens with zero attached hydrogens (tertiary/aromatic N) is 3. The molecule has 0 atom stereocenters. The van der Waals surface area contributed by atoms with Gasteiger partial charge in [0.1, 0.15) is 0 Å². The molecule has 0 saturated carbocycles. The Morgan fingerprint density at radius 1 is 0.833 bits per heavy atom. The maximum atomic E-state index is 2.76. The van der Waals surface area contributed by atoms with E-state index >= 15 is 0 Å². The van der Waals surface area contributed by atoms with Crippen LogP contribution >= 0.6 is 0 Å². The predicted molar refractivity (Wildman–Crippen MR) is 103 cm³/mol.